The van der Waals surface area contributed by atoms with Gasteiger partial charge in [0.25, 0.3) is 0 Å². The van der Waals surface area contributed by atoms with E-state index in [0.29, 0.717) is 18.6 Å². The molecule has 26 heavy (non-hydrogen) atoms. The largest absolute Gasteiger partial charge is 0.465 e. The summed E-state index contributed by atoms with van der Waals surface area (Å²) in [5.41, 5.74) is 4.89. The standard InChI is InChI=1S/C21H19N3O2/c1-2-26-21(25)18-11-16-15-5-3-4-6-17(15)23-20(16)19(24-18)14-9-7-13(12-22)8-10-14/h3-10,18-19,23-24H,2,11H2,1H3/t18-,19-/m1/s1. The first-order valence-electron chi connectivity index (χ1n) is 8.73. The summed E-state index contributed by atoms with van der Waals surface area (Å²) in [6.45, 7) is 2.18. The maximum atomic E-state index is 12.4. The van der Waals surface area contributed by atoms with Crippen LogP contribution in [0.2, 0.25) is 0 Å². The highest BCUT2D eigenvalue weighted by molar-refractivity contribution is 5.87. The third-order valence-electron chi connectivity index (χ3n) is 4.86. The maximum Gasteiger partial charge on any atom is 0.323 e. The van der Waals surface area contributed by atoms with Crippen molar-refractivity contribution in [2.24, 2.45) is 0 Å². The maximum absolute atomic E-state index is 12.4. The van der Waals surface area contributed by atoms with Gasteiger partial charge in [0.05, 0.1) is 24.3 Å². The summed E-state index contributed by atoms with van der Waals surface area (Å²) in [6, 6.07) is 17.2. The summed E-state index contributed by atoms with van der Waals surface area (Å²) in [5.74, 6) is -0.234. The Hall–Kier alpha value is -3.10. The Bertz CT molecular complexity index is 998. The van der Waals surface area contributed by atoms with Gasteiger partial charge in [-0.15, -0.1) is 0 Å². The van der Waals surface area contributed by atoms with E-state index in [9.17, 15) is 4.79 Å². The van der Waals surface area contributed by atoms with Crippen LogP contribution in [0.5, 0.6) is 0 Å². The number of carbonyl (C=O) groups excluding carboxylic acids is 1. The molecule has 2 heterocycles. The number of para-hydroxylation sites is 1. The van der Waals surface area contributed by atoms with E-state index in [1.54, 1.807) is 12.1 Å². The second kappa shape index (κ2) is 6.66. The van der Waals surface area contributed by atoms with Crippen LogP contribution >= 0.6 is 0 Å². The van der Waals surface area contributed by atoms with Crippen LogP contribution in [-0.4, -0.2) is 23.6 Å². The molecule has 1 aliphatic rings. The van der Waals surface area contributed by atoms with Crippen LogP contribution in [0.4, 0.5) is 0 Å². The average molecular weight is 345 g/mol. The normalized spacial score (nSPS) is 18.9. The molecule has 0 amide bonds. The SMILES string of the molecule is CCOC(=O)[C@H]1Cc2c([nH]c3ccccc23)[C@@H](c2ccc(C#N)cc2)N1. The fourth-order valence-corrected chi connectivity index (χ4v) is 3.64. The Morgan fingerprint density at radius 1 is 1.23 bits per heavy atom. The van der Waals surface area contributed by atoms with Crippen LogP contribution in [0, 0.1) is 11.3 Å². The van der Waals surface area contributed by atoms with E-state index in [-0.39, 0.29) is 12.0 Å². The molecule has 0 aliphatic carbocycles. The van der Waals surface area contributed by atoms with Gasteiger partial charge in [0, 0.05) is 23.0 Å². The van der Waals surface area contributed by atoms with E-state index in [0.717, 1.165) is 27.7 Å². The number of benzene rings is 2. The number of carbonyl (C=O) groups is 1. The van der Waals surface area contributed by atoms with Gasteiger partial charge in [0.1, 0.15) is 6.04 Å². The predicted octanol–water partition coefficient (Wildman–Crippen LogP) is 3.21. The molecule has 0 radical (unpaired) electrons. The number of aromatic amines is 1. The first kappa shape index (κ1) is 16.4. The third kappa shape index (κ3) is 2.75. The first-order chi connectivity index (χ1) is 12.7. The van der Waals surface area contributed by atoms with Crippen molar-refractivity contribution < 1.29 is 9.53 Å². The smallest absolute Gasteiger partial charge is 0.323 e. The fourth-order valence-electron chi connectivity index (χ4n) is 3.64. The minimum atomic E-state index is -0.401. The molecule has 2 atom stereocenters. The molecule has 2 aromatic carbocycles. The lowest BCUT2D eigenvalue weighted by atomic mass is 9.90. The summed E-state index contributed by atoms with van der Waals surface area (Å²) in [7, 11) is 0. The highest BCUT2D eigenvalue weighted by Crippen LogP contribution is 2.35. The summed E-state index contributed by atoms with van der Waals surface area (Å²) >= 11 is 0. The van der Waals surface area contributed by atoms with Gasteiger partial charge in [-0.2, -0.15) is 5.26 Å². The molecule has 0 saturated carbocycles. The third-order valence-corrected chi connectivity index (χ3v) is 4.86. The molecule has 1 aromatic heterocycles. The highest BCUT2D eigenvalue weighted by Gasteiger charge is 2.34. The lowest BCUT2D eigenvalue weighted by Crippen LogP contribution is -2.45. The van der Waals surface area contributed by atoms with E-state index in [1.165, 1.54) is 0 Å². The number of ether oxygens (including phenoxy) is 1. The summed E-state index contributed by atoms with van der Waals surface area (Å²) < 4.78 is 5.25. The molecule has 0 saturated heterocycles. The second-order valence-electron chi connectivity index (χ2n) is 6.41. The van der Waals surface area contributed by atoms with Crippen molar-refractivity contribution in [2.75, 3.05) is 6.61 Å². The molecule has 5 nitrogen and oxygen atoms in total. The van der Waals surface area contributed by atoms with Crippen molar-refractivity contribution in [3.8, 4) is 6.07 Å². The van der Waals surface area contributed by atoms with Crippen LogP contribution in [0.1, 0.15) is 35.3 Å². The van der Waals surface area contributed by atoms with Crippen LogP contribution in [0.15, 0.2) is 48.5 Å². The molecule has 0 spiro atoms. The van der Waals surface area contributed by atoms with Gasteiger partial charge in [-0.3, -0.25) is 10.1 Å². The van der Waals surface area contributed by atoms with Crippen molar-refractivity contribution in [3.05, 3.63) is 70.9 Å². The van der Waals surface area contributed by atoms with E-state index in [1.807, 2.05) is 37.3 Å². The number of rotatable bonds is 3. The summed E-state index contributed by atoms with van der Waals surface area (Å²) in [6.07, 6.45) is 0.588. The molecule has 4 rings (SSSR count). The Kier molecular flexibility index (Phi) is 4.19. The lowest BCUT2D eigenvalue weighted by Gasteiger charge is -2.30. The van der Waals surface area contributed by atoms with Crippen molar-refractivity contribution in [3.63, 3.8) is 0 Å². The van der Waals surface area contributed by atoms with Gasteiger partial charge >= 0.3 is 5.97 Å². The van der Waals surface area contributed by atoms with E-state index in [2.05, 4.69) is 22.4 Å². The molecule has 0 fully saturated rings. The molecule has 5 heteroatoms. The zero-order chi connectivity index (χ0) is 18.1. The number of hydrogen-bond acceptors (Lipinski definition) is 4. The summed E-state index contributed by atoms with van der Waals surface area (Å²) in [5, 5.41) is 13.6. The zero-order valence-electron chi connectivity index (χ0n) is 14.5. The Balaban J connectivity index is 1.81. The predicted molar refractivity (Wildman–Crippen MR) is 98.6 cm³/mol. The Morgan fingerprint density at radius 3 is 2.73 bits per heavy atom. The van der Waals surface area contributed by atoms with Crippen molar-refractivity contribution in [1.82, 2.24) is 10.3 Å². The van der Waals surface area contributed by atoms with Crippen LogP contribution in [0.3, 0.4) is 0 Å². The van der Waals surface area contributed by atoms with Crippen molar-refractivity contribution >= 4 is 16.9 Å². The summed E-state index contributed by atoms with van der Waals surface area (Å²) in [4.78, 5) is 15.9. The number of aromatic nitrogens is 1. The topological polar surface area (TPSA) is 77.9 Å². The molecule has 0 bridgehead atoms. The second-order valence-corrected chi connectivity index (χ2v) is 6.41. The van der Waals surface area contributed by atoms with Gasteiger partial charge in [0.15, 0.2) is 0 Å². The molecule has 130 valence electrons. The monoisotopic (exact) mass is 345 g/mol. The van der Waals surface area contributed by atoms with Gasteiger partial charge in [-0.25, -0.2) is 0 Å². The van der Waals surface area contributed by atoms with Gasteiger partial charge in [-0.1, -0.05) is 30.3 Å². The molecule has 3 aromatic rings. The number of hydrogen-bond donors (Lipinski definition) is 2. The molecule has 2 N–H and O–H groups in total. The zero-order valence-corrected chi connectivity index (χ0v) is 14.5. The van der Waals surface area contributed by atoms with Gasteiger partial charge in [0.2, 0.25) is 0 Å². The molecule has 0 unspecified atom stereocenters. The van der Waals surface area contributed by atoms with Crippen molar-refractivity contribution in [1.29, 1.82) is 5.26 Å². The number of H-pyrrole nitrogens is 1. The van der Waals surface area contributed by atoms with Crippen LogP contribution < -0.4 is 5.32 Å². The van der Waals surface area contributed by atoms with Gasteiger partial charge < -0.3 is 9.72 Å². The minimum absolute atomic E-state index is 0.159. The van der Waals surface area contributed by atoms with Crippen molar-refractivity contribution in [2.45, 2.75) is 25.4 Å². The Labute approximate surface area is 151 Å². The molecular weight excluding hydrogens is 326 g/mol. The fraction of sp³-hybridized carbons (Fsp3) is 0.238. The number of esters is 1. The van der Waals surface area contributed by atoms with Gasteiger partial charge in [-0.05, 0) is 36.2 Å². The average Bonchev–Trinajstić information content (AvgIpc) is 3.06. The number of nitriles is 1. The number of fused-ring (bicyclic) bond motifs is 3. The molecule has 1 aliphatic heterocycles. The first-order valence-corrected chi connectivity index (χ1v) is 8.73. The quantitative estimate of drug-likeness (QED) is 0.715. The highest BCUT2D eigenvalue weighted by atomic mass is 16.5. The lowest BCUT2D eigenvalue weighted by molar-refractivity contribution is -0.146. The minimum Gasteiger partial charge on any atom is -0.465 e. The van der Waals surface area contributed by atoms with Crippen LogP contribution in [0.25, 0.3) is 10.9 Å². The van der Waals surface area contributed by atoms with E-state index < -0.39 is 6.04 Å². The number of nitrogens with zero attached hydrogens (tertiary/aromatic N) is 1. The van der Waals surface area contributed by atoms with E-state index >= 15 is 0 Å². The van der Waals surface area contributed by atoms with E-state index in [4.69, 9.17) is 10.00 Å². The molecular formula is C21H19N3O2. The Morgan fingerprint density at radius 2 is 2.00 bits per heavy atom. The number of nitrogens with one attached hydrogen (secondary N) is 2. The van der Waals surface area contributed by atoms with Crippen LogP contribution in [-0.2, 0) is 16.0 Å².